The number of rotatable bonds is 3. The molecule has 1 amide bonds. The normalized spacial score (nSPS) is 10.5. The van der Waals surface area contributed by atoms with Crippen LogP contribution >= 0.6 is 34.5 Å². The van der Waals surface area contributed by atoms with Crippen molar-refractivity contribution >= 4 is 52.1 Å². The largest absolute Gasteiger partial charge is 0.383 e. The number of hydrogen-bond donors (Lipinski definition) is 2. The number of nitrogen functional groups attached to an aromatic ring is 1. The molecule has 3 rings (SSSR count). The zero-order valence-electron chi connectivity index (χ0n) is 11.7. The molecule has 0 bridgehead atoms. The van der Waals surface area contributed by atoms with Crippen LogP contribution in [0.3, 0.4) is 0 Å². The third-order valence-electron chi connectivity index (χ3n) is 3.11. The van der Waals surface area contributed by atoms with Gasteiger partial charge in [0.05, 0.1) is 4.34 Å². The fourth-order valence-corrected chi connectivity index (χ4v) is 3.20. The van der Waals surface area contributed by atoms with Crippen LogP contribution in [0.4, 0.5) is 11.6 Å². The predicted octanol–water partition coefficient (Wildman–Crippen LogP) is 4.95. The van der Waals surface area contributed by atoms with Gasteiger partial charge in [-0.15, -0.1) is 11.3 Å². The Morgan fingerprint density at radius 2 is 1.78 bits per heavy atom. The molecule has 23 heavy (non-hydrogen) atoms. The van der Waals surface area contributed by atoms with Crippen LogP contribution in [0.25, 0.3) is 10.4 Å². The molecule has 0 saturated heterocycles. The number of benzene rings is 1. The summed E-state index contributed by atoms with van der Waals surface area (Å²) >= 11 is 13.2. The number of carbonyl (C=O) groups is 1. The van der Waals surface area contributed by atoms with Crippen LogP contribution in [-0.4, -0.2) is 10.9 Å². The van der Waals surface area contributed by atoms with Crippen molar-refractivity contribution < 1.29 is 4.79 Å². The second kappa shape index (κ2) is 6.58. The van der Waals surface area contributed by atoms with Gasteiger partial charge in [-0.3, -0.25) is 4.79 Å². The van der Waals surface area contributed by atoms with Crippen molar-refractivity contribution in [3.63, 3.8) is 0 Å². The second-order valence-electron chi connectivity index (χ2n) is 4.69. The fourth-order valence-electron chi connectivity index (χ4n) is 2.00. The molecule has 2 heterocycles. The van der Waals surface area contributed by atoms with E-state index >= 15 is 0 Å². The number of hydrogen-bond acceptors (Lipinski definition) is 4. The van der Waals surface area contributed by atoms with Gasteiger partial charge in [-0.25, -0.2) is 4.98 Å². The molecular formula is C16H11Cl2N3OS. The minimum Gasteiger partial charge on any atom is -0.383 e. The Kier molecular flexibility index (Phi) is 4.52. The first kappa shape index (κ1) is 15.8. The van der Waals surface area contributed by atoms with E-state index in [1.165, 1.54) is 11.3 Å². The van der Waals surface area contributed by atoms with E-state index in [1.54, 1.807) is 36.4 Å². The molecule has 0 aliphatic rings. The Morgan fingerprint density at radius 3 is 2.39 bits per heavy atom. The summed E-state index contributed by atoms with van der Waals surface area (Å²) in [5, 5.41) is 3.28. The lowest BCUT2D eigenvalue weighted by Gasteiger charge is -2.08. The highest BCUT2D eigenvalue weighted by Gasteiger charge is 2.11. The van der Waals surface area contributed by atoms with Crippen molar-refractivity contribution in [2.75, 3.05) is 11.1 Å². The maximum Gasteiger partial charge on any atom is 0.256 e. The minimum atomic E-state index is -0.277. The standard InChI is InChI=1S/C16H11Cl2N3OS/c17-10-3-1-9(2-4-10)16(22)21-14-8-5-11(15(19)20-14)12-6-7-13(18)23-12/h1-8H,(H3,19,20,21,22). The highest BCUT2D eigenvalue weighted by Crippen LogP contribution is 2.34. The van der Waals surface area contributed by atoms with Crippen LogP contribution in [0.1, 0.15) is 10.4 Å². The third kappa shape index (κ3) is 3.64. The second-order valence-corrected chi connectivity index (χ2v) is 6.85. The summed E-state index contributed by atoms with van der Waals surface area (Å²) in [6.07, 6.45) is 0. The number of nitrogens with one attached hydrogen (secondary N) is 1. The number of halogens is 2. The molecule has 0 saturated carbocycles. The summed E-state index contributed by atoms with van der Waals surface area (Å²) in [5.74, 6) is 0.437. The lowest BCUT2D eigenvalue weighted by Crippen LogP contribution is -2.13. The maximum absolute atomic E-state index is 12.1. The zero-order valence-corrected chi connectivity index (χ0v) is 14.0. The van der Waals surface area contributed by atoms with Gasteiger partial charge in [-0.1, -0.05) is 23.2 Å². The predicted molar refractivity (Wildman–Crippen MR) is 96.4 cm³/mol. The smallest absolute Gasteiger partial charge is 0.256 e. The van der Waals surface area contributed by atoms with E-state index in [4.69, 9.17) is 28.9 Å². The Hall–Kier alpha value is -2.08. The monoisotopic (exact) mass is 363 g/mol. The van der Waals surface area contributed by atoms with E-state index in [0.29, 0.717) is 26.6 Å². The number of anilines is 2. The van der Waals surface area contributed by atoms with Gasteiger partial charge in [0.2, 0.25) is 0 Å². The molecule has 3 aromatic rings. The quantitative estimate of drug-likeness (QED) is 0.691. The van der Waals surface area contributed by atoms with Crippen LogP contribution in [0, 0.1) is 0 Å². The molecule has 0 radical (unpaired) electrons. The average Bonchev–Trinajstić information content (AvgIpc) is 2.94. The number of thiophene rings is 1. The molecule has 0 aliphatic carbocycles. The summed E-state index contributed by atoms with van der Waals surface area (Å²) in [7, 11) is 0. The van der Waals surface area contributed by atoms with Gasteiger partial charge in [0.1, 0.15) is 11.6 Å². The summed E-state index contributed by atoms with van der Waals surface area (Å²) in [4.78, 5) is 17.3. The SMILES string of the molecule is Nc1nc(NC(=O)c2ccc(Cl)cc2)ccc1-c1ccc(Cl)s1. The molecule has 0 unspecified atom stereocenters. The first-order chi connectivity index (χ1) is 11.0. The van der Waals surface area contributed by atoms with Crippen molar-refractivity contribution in [3.8, 4) is 10.4 Å². The Labute approximate surface area is 146 Å². The summed E-state index contributed by atoms with van der Waals surface area (Å²) in [6, 6.07) is 13.8. The van der Waals surface area contributed by atoms with Crippen LogP contribution in [-0.2, 0) is 0 Å². The van der Waals surface area contributed by atoms with Crippen molar-refractivity contribution in [1.29, 1.82) is 0 Å². The van der Waals surface area contributed by atoms with E-state index in [2.05, 4.69) is 10.3 Å². The summed E-state index contributed by atoms with van der Waals surface area (Å²) in [5.41, 5.74) is 7.25. The zero-order chi connectivity index (χ0) is 16.4. The topological polar surface area (TPSA) is 68.0 Å². The van der Waals surface area contributed by atoms with Gasteiger partial charge in [-0.05, 0) is 48.5 Å². The van der Waals surface area contributed by atoms with E-state index < -0.39 is 0 Å². The number of aromatic nitrogens is 1. The van der Waals surface area contributed by atoms with Gasteiger partial charge < -0.3 is 11.1 Å². The minimum absolute atomic E-state index is 0.277. The summed E-state index contributed by atoms with van der Waals surface area (Å²) < 4.78 is 0.680. The third-order valence-corrected chi connectivity index (χ3v) is 4.63. The van der Waals surface area contributed by atoms with E-state index in [0.717, 1.165) is 10.4 Å². The molecule has 116 valence electrons. The first-order valence-electron chi connectivity index (χ1n) is 6.62. The van der Waals surface area contributed by atoms with Crippen LogP contribution in [0.2, 0.25) is 9.36 Å². The number of carbonyl (C=O) groups excluding carboxylic acids is 1. The number of nitrogens with two attached hydrogens (primary N) is 1. The lowest BCUT2D eigenvalue weighted by atomic mass is 10.2. The highest BCUT2D eigenvalue weighted by molar-refractivity contribution is 7.19. The van der Waals surface area contributed by atoms with Gasteiger partial charge in [0.25, 0.3) is 5.91 Å². The number of amides is 1. The molecular weight excluding hydrogens is 353 g/mol. The fraction of sp³-hybridized carbons (Fsp3) is 0. The van der Waals surface area contributed by atoms with Gasteiger partial charge in [-0.2, -0.15) is 0 Å². The number of pyridine rings is 1. The van der Waals surface area contributed by atoms with Crippen molar-refractivity contribution in [1.82, 2.24) is 4.98 Å². The van der Waals surface area contributed by atoms with Crippen LogP contribution in [0.15, 0.2) is 48.5 Å². The lowest BCUT2D eigenvalue weighted by molar-refractivity contribution is 0.102. The molecule has 0 fully saturated rings. The Balaban J connectivity index is 1.80. The Bertz CT molecular complexity index is 862. The van der Waals surface area contributed by atoms with E-state index in [1.807, 2.05) is 12.1 Å². The number of nitrogens with zero attached hydrogens (tertiary/aromatic N) is 1. The molecule has 0 aliphatic heterocycles. The van der Waals surface area contributed by atoms with Crippen molar-refractivity contribution in [2.45, 2.75) is 0 Å². The Morgan fingerprint density at radius 1 is 1.04 bits per heavy atom. The first-order valence-corrected chi connectivity index (χ1v) is 8.19. The molecule has 3 N–H and O–H groups in total. The van der Waals surface area contributed by atoms with E-state index in [9.17, 15) is 4.79 Å². The molecule has 4 nitrogen and oxygen atoms in total. The van der Waals surface area contributed by atoms with E-state index in [-0.39, 0.29) is 5.91 Å². The molecule has 7 heteroatoms. The average molecular weight is 364 g/mol. The maximum atomic E-state index is 12.1. The van der Waals surface area contributed by atoms with Gasteiger partial charge in [0, 0.05) is 21.0 Å². The molecule has 0 spiro atoms. The van der Waals surface area contributed by atoms with Gasteiger partial charge >= 0.3 is 0 Å². The van der Waals surface area contributed by atoms with Crippen LogP contribution in [0.5, 0.6) is 0 Å². The highest BCUT2D eigenvalue weighted by atomic mass is 35.5. The summed E-state index contributed by atoms with van der Waals surface area (Å²) in [6.45, 7) is 0. The van der Waals surface area contributed by atoms with Gasteiger partial charge in [0.15, 0.2) is 0 Å². The molecule has 0 atom stereocenters. The molecule has 1 aromatic carbocycles. The van der Waals surface area contributed by atoms with Crippen molar-refractivity contribution in [2.24, 2.45) is 0 Å². The van der Waals surface area contributed by atoms with Crippen LogP contribution < -0.4 is 11.1 Å². The van der Waals surface area contributed by atoms with Crippen molar-refractivity contribution in [3.05, 3.63) is 63.5 Å². The molecule has 2 aromatic heterocycles.